The minimum Gasteiger partial charge on any atom is -0.497 e. The van der Waals surface area contributed by atoms with Crippen LogP contribution in [0.5, 0.6) is 11.5 Å². The minimum atomic E-state index is -0.599. The number of nitrogens with one attached hydrogen (secondary N) is 2. The Balaban J connectivity index is 1.29. The summed E-state index contributed by atoms with van der Waals surface area (Å²) in [6.07, 6.45) is 0. The second-order valence-corrected chi connectivity index (χ2v) is 9.24. The first-order chi connectivity index (χ1) is 19.3. The van der Waals surface area contributed by atoms with Gasteiger partial charge in [0.05, 0.1) is 18.6 Å². The van der Waals surface area contributed by atoms with E-state index in [9.17, 15) is 19.7 Å². The van der Waals surface area contributed by atoms with Crippen LogP contribution in [0.3, 0.4) is 0 Å². The van der Waals surface area contributed by atoms with Crippen LogP contribution in [0.25, 0.3) is 0 Å². The van der Waals surface area contributed by atoms with Crippen LogP contribution >= 0.6 is 12.2 Å². The molecule has 1 aliphatic rings. The number of hydrogen-bond acceptors (Lipinski definition) is 8. The Morgan fingerprint density at radius 3 is 2.23 bits per heavy atom. The highest BCUT2D eigenvalue weighted by molar-refractivity contribution is 7.80. The van der Waals surface area contributed by atoms with Gasteiger partial charge in [-0.2, -0.15) is 0 Å². The Labute approximate surface area is 236 Å². The lowest BCUT2D eigenvalue weighted by molar-refractivity contribution is -0.385. The van der Waals surface area contributed by atoms with Gasteiger partial charge in [-0.15, -0.1) is 0 Å². The van der Waals surface area contributed by atoms with Gasteiger partial charge < -0.3 is 24.6 Å². The summed E-state index contributed by atoms with van der Waals surface area (Å²) in [5.74, 6) is 0.219. The fourth-order valence-electron chi connectivity index (χ4n) is 4.26. The number of hydrogen-bond donors (Lipinski definition) is 2. The summed E-state index contributed by atoms with van der Waals surface area (Å²) in [4.78, 5) is 40.2. The van der Waals surface area contributed by atoms with E-state index in [0.717, 1.165) is 11.8 Å². The van der Waals surface area contributed by atoms with Crippen molar-refractivity contribution >= 4 is 46.2 Å². The number of carbonyl (C=O) groups excluding carboxylic acids is 2. The van der Waals surface area contributed by atoms with Gasteiger partial charge in [-0.25, -0.2) is 0 Å². The zero-order valence-corrected chi connectivity index (χ0v) is 22.9. The van der Waals surface area contributed by atoms with Crippen molar-refractivity contribution in [2.45, 2.75) is 6.92 Å². The number of thiocarbonyl (C=S) groups is 1. The van der Waals surface area contributed by atoms with Crippen molar-refractivity contribution in [1.82, 2.24) is 10.2 Å². The molecular formula is C28H29N5O6S. The summed E-state index contributed by atoms with van der Waals surface area (Å²) in [5, 5.41) is 16.9. The van der Waals surface area contributed by atoms with Crippen LogP contribution in [0, 0.1) is 10.1 Å². The fourth-order valence-corrected chi connectivity index (χ4v) is 4.47. The van der Waals surface area contributed by atoms with Gasteiger partial charge >= 0.3 is 5.69 Å². The predicted molar refractivity (Wildman–Crippen MR) is 156 cm³/mol. The zero-order chi connectivity index (χ0) is 28.6. The molecule has 3 aromatic carbocycles. The molecule has 0 saturated carbocycles. The quantitative estimate of drug-likeness (QED) is 0.237. The summed E-state index contributed by atoms with van der Waals surface area (Å²) in [5.41, 5.74) is 2.08. The number of anilines is 2. The number of piperazine rings is 1. The van der Waals surface area contributed by atoms with E-state index < -0.39 is 10.8 Å². The van der Waals surface area contributed by atoms with Crippen LogP contribution in [-0.2, 0) is 0 Å². The summed E-state index contributed by atoms with van der Waals surface area (Å²) >= 11 is 5.26. The van der Waals surface area contributed by atoms with Gasteiger partial charge in [0, 0.05) is 54.7 Å². The first-order valence-electron chi connectivity index (χ1n) is 12.6. The maximum atomic E-state index is 12.8. The number of rotatable bonds is 8. The van der Waals surface area contributed by atoms with Crippen molar-refractivity contribution in [3.8, 4) is 11.5 Å². The minimum absolute atomic E-state index is 0.00254. The number of carbonyl (C=O) groups is 2. The second kappa shape index (κ2) is 12.9. The first kappa shape index (κ1) is 28.3. The zero-order valence-electron chi connectivity index (χ0n) is 22.1. The van der Waals surface area contributed by atoms with Crippen molar-refractivity contribution in [1.29, 1.82) is 0 Å². The van der Waals surface area contributed by atoms with Gasteiger partial charge in [0.15, 0.2) is 10.9 Å². The monoisotopic (exact) mass is 563 g/mol. The van der Waals surface area contributed by atoms with E-state index in [1.54, 1.807) is 38.3 Å². The van der Waals surface area contributed by atoms with E-state index in [2.05, 4.69) is 15.5 Å². The molecule has 4 rings (SSSR count). The SMILES string of the molecule is CCOc1ccc(C(=O)NC(=S)Nc2ccc(N3CCN(C(=O)c4ccc(OC)cc4)CC3)cc2)cc1[N+](=O)[O-]. The fraction of sp³-hybridized carbons (Fsp3) is 0.250. The number of nitro benzene ring substituents is 1. The lowest BCUT2D eigenvalue weighted by atomic mass is 10.1. The van der Waals surface area contributed by atoms with Crippen molar-refractivity contribution in [3.05, 3.63) is 88.0 Å². The number of benzene rings is 3. The number of ether oxygens (including phenoxy) is 2. The van der Waals surface area contributed by atoms with Gasteiger partial charge in [0.1, 0.15) is 5.75 Å². The third kappa shape index (κ3) is 6.83. The van der Waals surface area contributed by atoms with Crippen LogP contribution in [-0.4, -0.2) is 66.6 Å². The number of nitro groups is 1. The average Bonchev–Trinajstić information content (AvgIpc) is 2.97. The van der Waals surface area contributed by atoms with Crippen molar-refractivity contribution < 1.29 is 24.0 Å². The summed E-state index contributed by atoms with van der Waals surface area (Å²) in [7, 11) is 1.59. The number of nitrogens with zero attached hydrogens (tertiary/aromatic N) is 3. The molecule has 0 bridgehead atoms. The maximum absolute atomic E-state index is 12.8. The van der Waals surface area contributed by atoms with Crippen LogP contribution < -0.4 is 25.0 Å². The Kier molecular flexibility index (Phi) is 9.12. The predicted octanol–water partition coefficient (Wildman–Crippen LogP) is 4.09. The van der Waals surface area contributed by atoms with E-state index in [1.807, 2.05) is 29.2 Å². The van der Waals surface area contributed by atoms with E-state index in [4.69, 9.17) is 21.7 Å². The van der Waals surface area contributed by atoms with E-state index in [1.165, 1.54) is 12.1 Å². The van der Waals surface area contributed by atoms with E-state index in [0.29, 0.717) is 43.2 Å². The van der Waals surface area contributed by atoms with Crippen molar-refractivity contribution in [2.24, 2.45) is 0 Å². The average molecular weight is 564 g/mol. The van der Waals surface area contributed by atoms with Crippen molar-refractivity contribution in [2.75, 3.05) is 50.1 Å². The number of amides is 2. The van der Waals surface area contributed by atoms with Crippen LogP contribution in [0.15, 0.2) is 66.7 Å². The third-order valence-electron chi connectivity index (χ3n) is 6.34. The molecular weight excluding hydrogens is 534 g/mol. The molecule has 1 saturated heterocycles. The Morgan fingerprint density at radius 2 is 1.62 bits per heavy atom. The van der Waals surface area contributed by atoms with Gasteiger partial charge in [0.2, 0.25) is 0 Å². The molecule has 0 atom stereocenters. The molecule has 2 N–H and O–H groups in total. The molecule has 0 aliphatic carbocycles. The summed E-state index contributed by atoms with van der Waals surface area (Å²) in [6.45, 7) is 4.57. The van der Waals surface area contributed by atoms with Crippen molar-refractivity contribution in [3.63, 3.8) is 0 Å². The highest BCUT2D eigenvalue weighted by atomic mass is 32.1. The lowest BCUT2D eigenvalue weighted by Crippen LogP contribution is -2.48. The maximum Gasteiger partial charge on any atom is 0.311 e. The molecule has 11 nitrogen and oxygen atoms in total. The van der Waals surface area contributed by atoms with E-state index >= 15 is 0 Å². The molecule has 0 spiro atoms. The molecule has 2 amide bonds. The number of methoxy groups -OCH3 is 1. The Hall–Kier alpha value is -4.71. The van der Waals surface area contributed by atoms with Gasteiger partial charge in [-0.3, -0.25) is 25.0 Å². The molecule has 3 aromatic rings. The topological polar surface area (TPSA) is 126 Å². The van der Waals surface area contributed by atoms with Gasteiger partial charge in [-0.1, -0.05) is 0 Å². The highest BCUT2D eigenvalue weighted by Gasteiger charge is 2.23. The molecule has 12 heteroatoms. The van der Waals surface area contributed by atoms with E-state index in [-0.39, 0.29) is 34.6 Å². The largest absolute Gasteiger partial charge is 0.497 e. The molecule has 0 aromatic heterocycles. The van der Waals surface area contributed by atoms with Crippen LogP contribution in [0.4, 0.5) is 17.1 Å². The molecule has 208 valence electrons. The molecule has 1 fully saturated rings. The molecule has 0 unspecified atom stereocenters. The normalized spacial score (nSPS) is 12.8. The van der Waals surface area contributed by atoms with Crippen LogP contribution in [0.2, 0.25) is 0 Å². The third-order valence-corrected chi connectivity index (χ3v) is 6.54. The molecule has 0 radical (unpaired) electrons. The molecule has 40 heavy (non-hydrogen) atoms. The Bertz CT molecular complexity index is 1390. The van der Waals surface area contributed by atoms with Crippen LogP contribution in [0.1, 0.15) is 27.6 Å². The molecule has 1 aliphatic heterocycles. The second-order valence-electron chi connectivity index (χ2n) is 8.84. The highest BCUT2D eigenvalue weighted by Crippen LogP contribution is 2.28. The lowest BCUT2D eigenvalue weighted by Gasteiger charge is -2.36. The molecule has 1 heterocycles. The standard InChI is InChI=1S/C28H29N5O6S/c1-3-39-25-13-6-20(18-24(25)33(36)37)26(34)30-28(40)29-21-7-9-22(10-8-21)31-14-16-32(17-15-31)27(35)19-4-11-23(38-2)12-5-19/h4-13,18H,3,14-17H2,1-2H3,(H2,29,30,34,40). The van der Waals surface area contributed by atoms with Gasteiger partial charge in [-0.05, 0) is 79.8 Å². The smallest absolute Gasteiger partial charge is 0.311 e. The summed E-state index contributed by atoms with van der Waals surface area (Å²) < 4.78 is 10.4. The summed E-state index contributed by atoms with van der Waals surface area (Å²) in [6, 6.07) is 18.6. The Morgan fingerprint density at radius 1 is 0.975 bits per heavy atom. The first-order valence-corrected chi connectivity index (χ1v) is 13.0. The van der Waals surface area contributed by atoms with Gasteiger partial charge in [0.25, 0.3) is 11.8 Å².